The van der Waals surface area contributed by atoms with Gasteiger partial charge in [0.25, 0.3) is 0 Å². The van der Waals surface area contributed by atoms with Crippen molar-refractivity contribution in [1.82, 2.24) is 14.5 Å². The number of hydrogen-bond donors (Lipinski definition) is 1. The van der Waals surface area contributed by atoms with Crippen molar-refractivity contribution in [2.75, 3.05) is 0 Å². The van der Waals surface area contributed by atoms with Gasteiger partial charge in [0.15, 0.2) is 0 Å². The number of phenolic OH excluding ortho intramolecular Hbond substituents is 1. The van der Waals surface area contributed by atoms with Crippen LogP contribution in [0.4, 0.5) is 0 Å². The Morgan fingerprint density at radius 3 is 1.84 bits per heavy atom. The van der Waals surface area contributed by atoms with Crippen LogP contribution in [-0.4, -0.2) is 19.6 Å². The molecular formula is C60H49N3O. The number of rotatable bonds is 8. The number of hydrogen-bond acceptors (Lipinski definition) is 3. The fraction of sp³-hybridized carbons (Fsp3) is 0.100. The van der Waals surface area contributed by atoms with Crippen LogP contribution in [0.25, 0.3) is 95.0 Å². The molecule has 0 amide bonds. The summed E-state index contributed by atoms with van der Waals surface area (Å²) in [6.45, 7) is 6.20. The van der Waals surface area contributed by atoms with Gasteiger partial charge in [-0.05, 0) is 135 Å². The van der Waals surface area contributed by atoms with E-state index < -0.39 is 6.85 Å². The average molecular weight is 831 g/mol. The summed E-state index contributed by atoms with van der Waals surface area (Å²) in [5, 5.41) is 11.6. The first-order valence-electron chi connectivity index (χ1n) is 23.2. The van der Waals surface area contributed by atoms with Gasteiger partial charge < -0.3 is 5.11 Å². The number of imidazole rings is 1. The Kier molecular flexibility index (Phi) is 9.47. The SMILES string of the molecule is [2H]C([2H])([2H])c1cc(-n2c(-c3ccccc3O)nc3c(-c4cc(-c5ccccc5)cc(-c5cc(-c6ccc(C)cc6)ccn5)c4)cccc32)c(-c2ccc(C(C)(C)C)cc2)cc1-c1ccccc1. The highest BCUT2D eigenvalue weighted by Crippen LogP contribution is 2.43. The molecule has 0 aliphatic carbocycles. The molecule has 0 bridgehead atoms. The minimum atomic E-state index is -2.47. The molecule has 4 nitrogen and oxygen atoms in total. The number of benzene rings is 8. The summed E-state index contributed by atoms with van der Waals surface area (Å²) in [6, 6.07) is 65.0. The standard InChI is InChI=1S/C60H49N3O/c1-39-23-25-42(26-24-39)45-31-32-61-54(37-45)48-35-46(41-15-8-6-9-16-41)34-47(36-48)50-20-14-21-55-58(50)62-59(51-19-12-13-22-57(51)64)63(55)56-33-40(2)52(43-17-10-7-11-18-43)38-53(56)44-27-29-49(30-28-44)60(3,4)5/h6-38,64H,1-5H3/i2D3. The van der Waals surface area contributed by atoms with Gasteiger partial charge in [-0.2, -0.15) is 0 Å². The summed E-state index contributed by atoms with van der Waals surface area (Å²) in [7, 11) is 0. The van der Waals surface area contributed by atoms with Crippen molar-refractivity contribution in [2.45, 2.75) is 40.0 Å². The van der Waals surface area contributed by atoms with Crippen LogP contribution in [0.2, 0.25) is 0 Å². The second kappa shape index (κ2) is 16.5. The maximum Gasteiger partial charge on any atom is 0.149 e. The third-order valence-corrected chi connectivity index (χ3v) is 12.1. The number of fused-ring (bicyclic) bond motifs is 1. The van der Waals surface area contributed by atoms with Crippen LogP contribution >= 0.6 is 0 Å². The van der Waals surface area contributed by atoms with E-state index in [-0.39, 0.29) is 16.7 Å². The van der Waals surface area contributed by atoms with Crippen LogP contribution in [0.5, 0.6) is 5.75 Å². The van der Waals surface area contributed by atoms with Crippen molar-refractivity contribution >= 4 is 11.0 Å². The van der Waals surface area contributed by atoms with E-state index in [9.17, 15) is 5.11 Å². The molecule has 0 aliphatic heterocycles. The van der Waals surface area contributed by atoms with Crippen LogP contribution < -0.4 is 0 Å². The molecule has 0 aliphatic rings. The summed E-state index contributed by atoms with van der Waals surface area (Å²) in [6.07, 6.45) is 1.87. The van der Waals surface area contributed by atoms with Crippen molar-refractivity contribution in [3.05, 3.63) is 217 Å². The molecule has 2 aromatic heterocycles. The van der Waals surface area contributed by atoms with Crippen LogP contribution in [-0.2, 0) is 5.41 Å². The third-order valence-electron chi connectivity index (χ3n) is 12.1. The number of aromatic nitrogens is 3. The molecule has 0 spiro atoms. The second-order valence-corrected chi connectivity index (χ2v) is 17.5. The predicted octanol–water partition coefficient (Wildman–Crippen LogP) is 15.7. The topological polar surface area (TPSA) is 50.9 Å². The Morgan fingerprint density at radius 1 is 0.500 bits per heavy atom. The minimum absolute atomic E-state index is 0.0570. The normalized spacial score (nSPS) is 12.5. The van der Waals surface area contributed by atoms with Crippen molar-refractivity contribution in [3.8, 4) is 89.7 Å². The van der Waals surface area contributed by atoms with Crippen molar-refractivity contribution in [3.63, 3.8) is 0 Å². The number of aromatic hydroxyl groups is 1. The van der Waals surface area contributed by atoms with Crippen LogP contribution in [0.1, 0.15) is 41.6 Å². The highest BCUT2D eigenvalue weighted by atomic mass is 16.3. The van der Waals surface area contributed by atoms with Gasteiger partial charge in [-0.15, -0.1) is 0 Å². The lowest BCUT2D eigenvalue weighted by molar-refractivity contribution is 0.477. The molecule has 10 rings (SSSR count). The number of nitrogens with zero attached hydrogens (tertiary/aromatic N) is 3. The van der Waals surface area contributed by atoms with E-state index in [4.69, 9.17) is 14.1 Å². The fourth-order valence-electron chi connectivity index (χ4n) is 8.67. The molecule has 0 fully saturated rings. The maximum atomic E-state index is 11.6. The van der Waals surface area contributed by atoms with Gasteiger partial charge in [0.2, 0.25) is 0 Å². The van der Waals surface area contributed by atoms with E-state index in [1.165, 1.54) is 11.1 Å². The zero-order chi connectivity index (χ0) is 46.5. The maximum absolute atomic E-state index is 11.6. The largest absolute Gasteiger partial charge is 0.507 e. The number of aryl methyl sites for hydroxylation is 2. The van der Waals surface area contributed by atoms with Crippen LogP contribution in [0.15, 0.2) is 200 Å². The quantitative estimate of drug-likeness (QED) is 0.166. The molecule has 310 valence electrons. The first kappa shape index (κ1) is 36.8. The summed E-state index contributed by atoms with van der Waals surface area (Å²) in [5.74, 6) is 0.533. The van der Waals surface area contributed by atoms with E-state index in [0.717, 1.165) is 66.8 Å². The average Bonchev–Trinajstić information content (AvgIpc) is 3.73. The number of para-hydroxylation sites is 2. The van der Waals surface area contributed by atoms with Gasteiger partial charge in [-0.3, -0.25) is 9.55 Å². The number of phenols is 1. The van der Waals surface area contributed by atoms with E-state index >= 15 is 0 Å². The van der Waals surface area contributed by atoms with Gasteiger partial charge in [-0.25, -0.2) is 4.98 Å². The lowest BCUT2D eigenvalue weighted by atomic mass is 9.85. The van der Waals surface area contributed by atoms with E-state index in [2.05, 4.69) is 119 Å². The van der Waals surface area contributed by atoms with Gasteiger partial charge >= 0.3 is 0 Å². The Balaban J connectivity index is 1.26. The zero-order valence-electron chi connectivity index (χ0n) is 39.3. The molecule has 0 saturated heterocycles. The highest BCUT2D eigenvalue weighted by Gasteiger charge is 2.24. The van der Waals surface area contributed by atoms with Crippen molar-refractivity contribution in [1.29, 1.82) is 0 Å². The summed E-state index contributed by atoms with van der Waals surface area (Å²) in [4.78, 5) is 10.4. The minimum Gasteiger partial charge on any atom is -0.507 e. The Morgan fingerprint density at radius 2 is 1.12 bits per heavy atom. The molecular weight excluding hydrogens is 779 g/mol. The Labute approximate surface area is 380 Å². The van der Waals surface area contributed by atoms with Gasteiger partial charge in [-0.1, -0.05) is 160 Å². The smallest absolute Gasteiger partial charge is 0.149 e. The first-order chi connectivity index (χ1) is 32.3. The van der Waals surface area contributed by atoms with E-state index in [0.29, 0.717) is 28.2 Å². The lowest BCUT2D eigenvalue weighted by Crippen LogP contribution is -2.10. The zero-order valence-corrected chi connectivity index (χ0v) is 36.3. The van der Waals surface area contributed by atoms with E-state index in [1.54, 1.807) is 18.2 Å². The molecule has 2 heterocycles. The molecule has 0 radical (unpaired) electrons. The highest BCUT2D eigenvalue weighted by molar-refractivity contribution is 5.99. The van der Waals surface area contributed by atoms with Crippen molar-refractivity contribution in [2.24, 2.45) is 0 Å². The molecule has 0 atom stereocenters. The molecule has 10 aromatic rings. The summed E-state index contributed by atoms with van der Waals surface area (Å²) in [5.41, 5.74) is 16.1. The van der Waals surface area contributed by atoms with Crippen LogP contribution in [0.3, 0.4) is 0 Å². The molecule has 8 aromatic carbocycles. The molecule has 1 N–H and O–H groups in total. The molecule has 0 saturated carbocycles. The lowest BCUT2D eigenvalue weighted by Gasteiger charge is -2.21. The fourth-order valence-corrected chi connectivity index (χ4v) is 8.67. The Bertz CT molecular complexity index is 3420. The third kappa shape index (κ3) is 7.69. The first-order valence-corrected chi connectivity index (χ1v) is 21.7. The molecule has 4 heteroatoms. The molecule has 64 heavy (non-hydrogen) atoms. The van der Waals surface area contributed by atoms with Gasteiger partial charge in [0.1, 0.15) is 11.6 Å². The predicted molar refractivity (Wildman–Crippen MR) is 267 cm³/mol. The van der Waals surface area contributed by atoms with Gasteiger partial charge in [0.05, 0.1) is 28.0 Å². The summed E-state index contributed by atoms with van der Waals surface area (Å²) >= 11 is 0. The van der Waals surface area contributed by atoms with E-state index in [1.807, 2.05) is 95.7 Å². The van der Waals surface area contributed by atoms with Crippen molar-refractivity contribution < 1.29 is 9.22 Å². The second-order valence-electron chi connectivity index (χ2n) is 17.5. The van der Waals surface area contributed by atoms with Gasteiger partial charge in [0, 0.05) is 27.0 Å². The molecule has 0 unspecified atom stereocenters. The monoisotopic (exact) mass is 830 g/mol. The number of pyridine rings is 1. The summed E-state index contributed by atoms with van der Waals surface area (Å²) < 4.78 is 28.8. The van der Waals surface area contributed by atoms with Crippen LogP contribution in [0, 0.1) is 13.8 Å². The Hall–Kier alpha value is -7.82.